The summed E-state index contributed by atoms with van der Waals surface area (Å²) < 4.78 is 5.51. The lowest BCUT2D eigenvalue weighted by molar-refractivity contribution is -0.118. The summed E-state index contributed by atoms with van der Waals surface area (Å²) in [5.41, 5.74) is 2.24. The molecule has 5 nitrogen and oxygen atoms in total. The summed E-state index contributed by atoms with van der Waals surface area (Å²) in [5.74, 6) is -0.0118. The fourth-order valence-electron chi connectivity index (χ4n) is 2.45. The number of para-hydroxylation sites is 1. The Morgan fingerprint density at radius 1 is 0.786 bits per heavy atom. The van der Waals surface area contributed by atoms with Crippen LogP contribution in [0.25, 0.3) is 6.08 Å². The van der Waals surface area contributed by atoms with Crippen LogP contribution in [0.15, 0.2) is 91.0 Å². The molecular formula is C23H20N2O3. The molecule has 0 atom stereocenters. The Morgan fingerprint density at radius 3 is 2.21 bits per heavy atom. The molecule has 0 bridgehead atoms. The topological polar surface area (TPSA) is 67.4 Å². The maximum atomic E-state index is 12.1. The summed E-state index contributed by atoms with van der Waals surface area (Å²) in [6, 6.07) is 25.6. The number of rotatable bonds is 7. The highest BCUT2D eigenvalue weighted by atomic mass is 16.5. The summed E-state index contributed by atoms with van der Waals surface area (Å²) >= 11 is 0. The number of hydrogen-bond acceptors (Lipinski definition) is 3. The van der Waals surface area contributed by atoms with Crippen molar-refractivity contribution in [3.63, 3.8) is 0 Å². The minimum absolute atomic E-state index is 0.125. The molecule has 28 heavy (non-hydrogen) atoms. The SMILES string of the molecule is O=C(/C=C/c1ccccc1)Nc1cccc(OCC(=O)Nc2ccccc2)c1. The molecule has 2 amide bonds. The highest BCUT2D eigenvalue weighted by Gasteiger charge is 2.05. The summed E-state index contributed by atoms with van der Waals surface area (Å²) in [4.78, 5) is 24.0. The van der Waals surface area contributed by atoms with Crippen LogP contribution < -0.4 is 15.4 Å². The molecule has 0 spiro atoms. The van der Waals surface area contributed by atoms with Crippen LogP contribution in [-0.2, 0) is 9.59 Å². The predicted molar refractivity (Wildman–Crippen MR) is 111 cm³/mol. The van der Waals surface area contributed by atoms with E-state index in [1.165, 1.54) is 6.08 Å². The van der Waals surface area contributed by atoms with Gasteiger partial charge in [0.05, 0.1) is 0 Å². The van der Waals surface area contributed by atoms with Crippen LogP contribution in [0.5, 0.6) is 5.75 Å². The molecular weight excluding hydrogens is 352 g/mol. The molecule has 0 radical (unpaired) electrons. The average Bonchev–Trinajstić information content (AvgIpc) is 2.73. The molecule has 0 saturated heterocycles. The van der Waals surface area contributed by atoms with E-state index in [4.69, 9.17) is 4.74 Å². The Balaban J connectivity index is 1.51. The smallest absolute Gasteiger partial charge is 0.262 e. The van der Waals surface area contributed by atoms with Crippen molar-refractivity contribution in [3.05, 3.63) is 96.6 Å². The zero-order chi connectivity index (χ0) is 19.6. The van der Waals surface area contributed by atoms with E-state index in [0.29, 0.717) is 17.1 Å². The first-order valence-electron chi connectivity index (χ1n) is 8.81. The maximum Gasteiger partial charge on any atom is 0.262 e. The minimum atomic E-state index is -0.258. The van der Waals surface area contributed by atoms with Crippen molar-refractivity contribution in [2.45, 2.75) is 0 Å². The van der Waals surface area contributed by atoms with Gasteiger partial charge in [0.2, 0.25) is 5.91 Å². The van der Waals surface area contributed by atoms with E-state index < -0.39 is 0 Å². The van der Waals surface area contributed by atoms with Gasteiger partial charge in [0.25, 0.3) is 5.91 Å². The van der Waals surface area contributed by atoms with E-state index in [1.54, 1.807) is 42.5 Å². The fourth-order valence-corrected chi connectivity index (χ4v) is 2.45. The number of carbonyl (C=O) groups excluding carboxylic acids is 2. The first-order chi connectivity index (χ1) is 13.7. The molecule has 0 aromatic heterocycles. The molecule has 3 rings (SSSR count). The Bertz CT molecular complexity index is 954. The summed E-state index contributed by atoms with van der Waals surface area (Å²) in [6.45, 7) is -0.125. The van der Waals surface area contributed by atoms with Crippen LogP contribution in [0.3, 0.4) is 0 Å². The lowest BCUT2D eigenvalue weighted by Gasteiger charge is -2.09. The van der Waals surface area contributed by atoms with Crippen LogP contribution in [-0.4, -0.2) is 18.4 Å². The fraction of sp³-hybridized carbons (Fsp3) is 0.0435. The van der Waals surface area contributed by atoms with Gasteiger partial charge < -0.3 is 15.4 Å². The molecule has 0 heterocycles. The van der Waals surface area contributed by atoms with Crippen molar-refractivity contribution in [2.75, 3.05) is 17.2 Å². The third-order valence-electron chi connectivity index (χ3n) is 3.76. The second-order valence-electron chi connectivity index (χ2n) is 5.96. The number of anilines is 2. The first-order valence-corrected chi connectivity index (χ1v) is 8.81. The Labute approximate surface area is 163 Å². The molecule has 0 aliphatic heterocycles. The van der Waals surface area contributed by atoms with Gasteiger partial charge in [-0.15, -0.1) is 0 Å². The number of amides is 2. The number of ether oxygens (including phenoxy) is 1. The molecule has 0 aliphatic rings. The minimum Gasteiger partial charge on any atom is -0.484 e. The Hall–Kier alpha value is -3.86. The number of carbonyl (C=O) groups is 2. The van der Waals surface area contributed by atoms with Crippen molar-refractivity contribution in [1.82, 2.24) is 0 Å². The zero-order valence-corrected chi connectivity index (χ0v) is 15.2. The molecule has 0 fully saturated rings. The van der Waals surface area contributed by atoms with Gasteiger partial charge in [-0.1, -0.05) is 54.6 Å². The number of benzene rings is 3. The van der Waals surface area contributed by atoms with Crippen molar-refractivity contribution in [2.24, 2.45) is 0 Å². The van der Waals surface area contributed by atoms with Gasteiger partial charge in [-0.2, -0.15) is 0 Å². The summed E-state index contributed by atoms with van der Waals surface area (Å²) in [6.07, 6.45) is 3.21. The van der Waals surface area contributed by atoms with E-state index in [1.807, 2.05) is 48.5 Å². The standard InChI is InChI=1S/C23H20N2O3/c26-22(15-14-18-8-3-1-4-9-18)25-20-12-7-13-21(16-20)28-17-23(27)24-19-10-5-2-6-11-19/h1-16H,17H2,(H,24,27)(H,25,26)/b15-14+. The molecule has 0 unspecified atom stereocenters. The lowest BCUT2D eigenvalue weighted by Crippen LogP contribution is -2.20. The molecule has 3 aromatic rings. The van der Waals surface area contributed by atoms with Crippen molar-refractivity contribution < 1.29 is 14.3 Å². The quantitative estimate of drug-likeness (QED) is 0.606. The van der Waals surface area contributed by atoms with E-state index in [9.17, 15) is 9.59 Å². The van der Waals surface area contributed by atoms with Crippen LogP contribution in [0.1, 0.15) is 5.56 Å². The monoisotopic (exact) mass is 372 g/mol. The van der Waals surface area contributed by atoms with E-state index in [0.717, 1.165) is 5.56 Å². The Kier molecular flexibility index (Phi) is 6.57. The number of hydrogen-bond donors (Lipinski definition) is 2. The van der Waals surface area contributed by atoms with E-state index >= 15 is 0 Å². The highest BCUT2D eigenvalue weighted by Crippen LogP contribution is 2.17. The first kappa shape index (κ1) is 18.9. The molecule has 140 valence electrons. The second-order valence-corrected chi connectivity index (χ2v) is 5.96. The van der Waals surface area contributed by atoms with E-state index in [-0.39, 0.29) is 18.4 Å². The number of nitrogens with one attached hydrogen (secondary N) is 2. The molecule has 0 saturated carbocycles. The van der Waals surface area contributed by atoms with Gasteiger partial charge in [-0.25, -0.2) is 0 Å². The van der Waals surface area contributed by atoms with E-state index in [2.05, 4.69) is 10.6 Å². The van der Waals surface area contributed by atoms with Gasteiger partial charge in [-0.3, -0.25) is 9.59 Å². The largest absolute Gasteiger partial charge is 0.484 e. The Morgan fingerprint density at radius 2 is 1.46 bits per heavy atom. The van der Waals surface area contributed by atoms with Crippen molar-refractivity contribution in [3.8, 4) is 5.75 Å². The summed E-state index contributed by atoms with van der Waals surface area (Å²) in [7, 11) is 0. The van der Waals surface area contributed by atoms with Crippen LogP contribution in [0.2, 0.25) is 0 Å². The normalized spacial score (nSPS) is 10.4. The van der Waals surface area contributed by atoms with Crippen molar-refractivity contribution in [1.29, 1.82) is 0 Å². The average molecular weight is 372 g/mol. The third-order valence-corrected chi connectivity index (χ3v) is 3.76. The summed E-state index contributed by atoms with van der Waals surface area (Å²) in [5, 5.41) is 5.52. The lowest BCUT2D eigenvalue weighted by atomic mass is 10.2. The van der Waals surface area contributed by atoms with Gasteiger partial charge in [0.15, 0.2) is 6.61 Å². The molecule has 3 aromatic carbocycles. The molecule has 5 heteroatoms. The highest BCUT2D eigenvalue weighted by molar-refractivity contribution is 6.02. The maximum absolute atomic E-state index is 12.1. The van der Waals surface area contributed by atoms with Gasteiger partial charge in [0.1, 0.15) is 5.75 Å². The van der Waals surface area contributed by atoms with Crippen molar-refractivity contribution >= 4 is 29.3 Å². The van der Waals surface area contributed by atoms with Crippen LogP contribution in [0.4, 0.5) is 11.4 Å². The molecule has 0 aliphatic carbocycles. The second kappa shape index (κ2) is 9.73. The molecule has 2 N–H and O–H groups in total. The zero-order valence-electron chi connectivity index (χ0n) is 15.2. The van der Waals surface area contributed by atoms with Gasteiger partial charge in [-0.05, 0) is 35.9 Å². The van der Waals surface area contributed by atoms with Crippen LogP contribution in [0, 0.1) is 0 Å². The van der Waals surface area contributed by atoms with Crippen LogP contribution >= 0.6 is 0 Å². The predicted octanol–water partition coefficient (Wildman–Crippen LogP) is 4.36. The third kappa shape index (κ3) is 6.14. The van der Waals surface area contributed by atoms with Gasteiger partial charge in [0, 0.05) is 23.5 Å². The van der Waals surface area contributed by atoms with Gasteiger partial charge >= 0.3 is 0 Å².